The SMILES string of the molecule is Cc1nc(C)c(CNc2ccc([N+](=O)[O-])cc2F)s1. The quantitative estimate of drug-likeness (QED) is 0.688. The van der Waals surface area contributed by atoms with E-state index < -0.39 is 10.7 Å². The fourth-order valence-electron chi connectivity index (χ4n) is 1.67. The van der Waals surface area contributed by atoms with Crippen LogP contribution < -0.4 is 5.32 Å². The molecule has 0 amide bonds. The summed E-state index contributed by atoms with van der Waals surface area (Å²) in [6.45, 7) is 4.26. The number of nitrogens with one attached hydrogen (secondary N) is 1. The van der Waals surface area contributed by atoms with Crippen LogP contribution in [0.5, 0.6) is 0 Å². The van der Waals surface area contributed by atoms with Crippen LogP contribution in [0.4, 0.5) is 15.8 Å². The third kappa shape index (κ3) is 3.05. The zero-order chi connectivity index (χ0) is 14.0. The van der Waals surface area contributed by atoms with E-state index in [-0.39, 0.29) is 11.4 Å². The number of aryl methyl sites for hydroxylation is 2. The molecule has 7 heteroatoms. The van der Waals surface area contributed by atoms with Gasteiger partial charge in [0, 0.05) is 10.9 Å². The van der Waals surface area contributed by atoms with Gasteiger partial charge in [0.25, 0.3) is 5.69 Å². The highest BCUT2D eigenvalue weighted by molar-refractivity contribution is 7.11. The second-order valence-corrected chi connectivity index (χ2v) is 5.30. The molecule has 0 aliphatic carbocycles. The molecule has 0 fully saturated rings. The molecule has 0 aliphatic heterocycles. The van der Waals surface area contributed by atoms with Crippen molar-refractivity contribution in [1.29, 1.82) is 0 Å². The average molecular weight is 281 g/mol. The Morgan fingerprint density at radius 3 is 2.74 bits per heavy atom. The molecular formula is C12H12FN3O2S. The molecule has 100 valence electrons. The van der Waals surface area contributed by atoms with Gasteiger partial charge in [0.1, 0.15) is 0 Å². The lowest BCUT2D eigenvalue weighted by molar-refractivity contribution is -0.385. The molecule has 0 unspecified atom stereocenters. The number of nitro benzene ring substituents is 1. The van der Waals surface area contributed by atoms with E-state index in [2.05, 4.69) is 10.3 Å². The van der Waals surface area contributed by atoms with Gasteiger partial charge in [0.05, 0.1) is 33.9 Å². The zero-order valence-corrected chi connectivity index (χ0v) is 11.3. The van der Waals surface area contributed by atoms with Crippen LogP contribution in [0.15, 0.2) is 18.2 Å². The van der Waals surface area contributed by atoms with Crippen molar-refractivity contribution in [2.45, 2.75) is 20.4 Å². The molecule has 0 radical (unpaired) electrons. The number of anilines is 1. The minimum atomic E-state index is -0.631. The van der Waals surface area contributed by atoms with Gasteiger partial charge in [-0.05, 0) is 19.9 Å². The molecule has 0 saturated carbocycles. The van der Waals surface area contributed by atoms with Crippen LogP contribution in [0.3, 0.4) is 0 Å². The van der Waals surface area contributed by atoms with Gasteiger partial charge in [0.15, 0.2) is 5.82 Å². The van der Waals surface area contributed by atoms with Crippen LogP contribution in [0.2, 0.25) is 0 Å². The van der Waals surface area contributed by atoms with E-state index in [9.17, 15) is 14.5 Å². The molecule has 1 heterocycles. The molecule has 2 aromatic rings. The standard InChI is InChI=1S/C12H12FN3O2S/c1-7-12(19-8(2)15-7)6-14-11-4-3-9(16(17)18)5-10(11)13/h3-5,14H,6H2,1-2H3. The van der Waals surface area contributed by atoms with E-state index in [1.54, 1.807) is 11.3 Å². The van der Waals surface area contributed by atoms with Crippen molar-refractivity contribution >= 4 is 22.7 Å². The van der Waals surface area contributed by atoms with Gasteiger partial charge in [-0.25, -0.2) is 9.37 Å². The predicted octanol–water partition coefficient (Wildman–Crippen LogP) is 3.42. The summed E-state index contributed by atoms with van der Waals surface area (Å²) in [6.07, 6.45) is 0. The molecule has 0 bridgehead atoms. The van der Waals surface area contributed by atoms with Crippen molar-refractivity contribution in [2.75, 3.05) is 5.32 Å². The first-order valence-corrected chi connectivity index (χ1v) is 6.39. The van der Waals surface area contributed by atoms with Gasteiger partial charge in [0.2, 0.25) is 0 Å². The van der Waals surface area contributed by atoms with E-state index in [0.29, 0.717) is 6.54 Å². The Morgan fingerprint density at radius 2 is 2.21 bits per heavy atom. The summed E-state index contributed by atoms with van der Waals surface area (Å²) in [5.41, 5.74) is 0.904. The Hall–Kier alpha value is -2.02. The van der Waals surface area contributed by atoms with Crippen molar-refractivity contribution < 1.29 is 9.31 Å². The Morgan fingerprint density at radius 1 is 1.47 bits per heavy atom. The Balaban J connectivity index is 2.12. The van der Waals surface area contributed by atoms with Crippen LogP contribution in [-0.4, -0.2) is 9.91 Å². The molecule has 1 N–H and O–H groups in total. The molecule has 5 nitrogen and oxygen atoms in total. The first-order chi connectivity index (χ1) is 8.97. The number of nitro groups is 1. The summed E-state index contributed by atoms with van der Waals surface area (Å²) in [4.78, 5) is 15.2. The summed E-state index contributed by atoms with van der Waals surface area (Å²) in [7, 11) is 0. The predicted molar refractivity (Wildman–Crippen MR) is 72.0 cm³/mol. The van der Waals surface area contributed by atoms with Crippen LogP contribution in [0.1, 0.15) is 15.6 Å². The number of non-ortho nitro benzene ring substituents is 1. The van der Waals surface area contributed by atoms with E-state index in [4.69, 9.17) is 0 Å². The largest absolute Gasteiger partial charge is 0.378 e. The van der Waals surface area contributed by atoms with Gasteiger partial charge >= 0.3 is 0 Å². The summed E-state index contributed by atoms with van der Waals surface area (Å²) in [6, 6.07) is 3.56. The minimum Gasteiger partial charge on any atom is -0.378 e. The third-order valence-corrected chi connectivity index (χ3v) is 3.68. The molecule has 1 aromatic carbocycles. The fraction of sp³-hybridized carbons (Fsp3) is 0.250. The van der Waals surface area contributed by atoms with Crippen LogP contribution in [0.25, 0.3) is 0 Å². The molecular weight excluding hydrogens is 269 g/mol. The number of hydrogen-bond acceptors (Lipinski definition) is 5. The molecule has 2 rings (SSSR count). The Labute approximate surface area is 113 Å². The molecule has 0 spiro atoms. The highest BCUT2D eigenvalue weighted by atomic mass is 32.1. The van der Waals surface area contributed by atoms with Gasteiger partial charge in [-0.3, -0.25) is 10.1 Å². The Bertz CT molecular complexity index is 627. The van der Waals surface area contributed by atoms with Crippen molar-refractivity contribution in [2.24, 2.45) is 0 Å². The van der Waals surface area contributed by atoms with Gasteiger partial charge in [-0.15, -0.1) is 11.3 Å². The number of nitrogens with zero attached hydrogens (tertiary/aromatic N) is 2. The maximum atomic E-state index is 13.6. The lowest BCUT2D eigenvalue weighted by Crippen LogP contribution is -2.01. The van der Waals surface area contributed by atoms with Crippen LogP contribution >= 0.6 is 11.3 Å². The fourth-order valence-corrected chi connectivity index (χ4v) is 2.55. The number of halogens is 1. The first kappa shape index (κ1) is 13.4. The van der Waals surface area contributed by atoms with Gasteiger partial charge in [-0.1, -0.05) is 0 Å². The lowest BCUT2D eigenvalue weighted by Gasteiger charge is -2.06. The van der Waals surface area contributed by atoms with Crippen molar-refractivity contribution in [1.82, 2.24) is 4.98 Å². The first-order valence-electron chi connectivity index (χ1n) is 5.58. The zero-order valence-electron chi connectivity index (χ0n) is 10.4. The minimum absolute atomic E-state index is 0.246. The molecule has 19 heavy (non-hydrogen) atoms. The molecule has 1 aromatic heterocycles. The second kappa shape index (κ2) is 5.31. The van der Waals surface area contributed by atoms with Crippen molar-refractivity contribution in [3.05, 3.63) is 49.7 Å². The summed E-state index contributed by atoms with van der Waals surface area (Å²) in [5.74, 6) is -0.631. The smallest absolute Gasteiger partial charge is 0.272 e. The highest BCUT2D eigenvalue weighted by Crippen LogP contribution is 2.23. The third-order valence-electron chi connectivity index (χ3n) is 2.60. The van der Waals surface area contributed by atoms with E-state index >= 15 is 0 Å². The second-order valence-electron chi connectivity index (χ2n) is 4.02. The van der Waals surface area contributed by atoms with Crippen molar-refractivity contribution in [3.63, 3.8) is 0 Å². The van der Waals surface area contributed by atoms with Gasteiger partial charge in [-0.2, -0.15) is 0 Å². The van der Waals surface area contributed by atoms with Crippen LogP contribution in [-0.2, 0) is 6.54 Å². The lowest BCUT2D eigenvalue weighted by atomic mass is 10.2. The number of benzene rings is 1. The molecule has 0 aliphatic rings. The average Bonchev–Trinajstić information content (AvgIpc) is 2.66. The highest BCUT2D eigenvalue weighted by Gasteiger charge is 2.11. The molecule has 0 atom stereocenters. The number of aromatic nitrogens is 1. The Kier molecular flexibility index (Phi) is 3.75. The van der Waals surface area contributed by atoms with Crippen LogP contribution in [0, 0.1) is 29.8 Å². The van der Waals surface area contributed by atoms with Gasteiger partial charge < -0.3 is 5.32 Å². The summed E-state index contributed by atoms with van der Waals surface area (Å²) in [5, 5.41) is 14.4. The van der Waals surface area contributed by atoms with E-state index in [0.717, 1.165) is 21.6 Å². The summed E-state index contributed by atoms with van der Waals surface area (Å²) < 4.78 is 13.6. The number of hydrogen-bond donors (Lipinski definition) is 1. The number of rotatable bonds is 4. The maximum Gasteiger partial charge on any atom is 0.272 e. The normalized spacial score (nSPS) is 10.5. The van der Waals surface area contributed by atoms with Crippen molar-refractivity contribution in [3.8, 4) is 0 Å². The van der Waals surface area contributed by atoms with E-state index in [1.807, 2.05) is 13.8 Å². The summed E-state index contributed by atoms with van der Waals surface area (Å²) >= 11 is 1.54. The maximum absolute atomic E-state index is 13.6. The molecule has 0 saturated heterocycles. The monoisotopic (exact) mass is 281 g/mol. The topological polar surface area (TPSA) is 68.1 Å². The number of thiazole rings is 1. The van der Waals surface area contributed by atoms with E-state index in [1.165, 1.54) is 12.1 Å².